The highest BCUT2D eigenvalue weighted by molar-refractivity contribution is 7.80. The molecule has 0 N–H and O–H groups in total. The van der Waals surface area contributed by atoms with Crippen LogP contribution in [0.15, 0.2) is 18.2 Å². The summed E-state index contributed by atoms with van der Waals surface area (Å²) in [4.78, 5) is 0. The Morgan fingerprint density at radius 2 is 2.07 bits per heavy atom. The van der Waals surface area contributed by atoms with E-state index in [1.165, 1.54) is 6.07 Å². The van der Waals surface area contributed by atoms with Gasteiger partial charge in [-0.3, -0.25) is 0 Å². The lowest BCUT2D eigenvalue weighted by Gasteiger charge is -2.08. The van der Waals surface area contributed by atoms with Crippen molar-refractivity contribution in [1.82, 2.24) is 0 Å². The van der Waals surface area contributed by atoms with Gasteiger partial charge in [-0.15, -0.1) is 0 Å². The molecule has 84 valence electrons. The quantitative estimate of drug-likeness (QED) is 0.598. The van der Waals surface area contributed by atoms with Crippen LogP contribution < -0.4 is 4.74 Å². The molecule has 0 heterocycles. The summed E-state index contributed by atoms with van der Waals surface area (Å²) in [5, 5.41) is 0. The highest BCUT2D eigenvalue weighted by Crippen LogP contribution is 2.17. The molecule has 0 atom stereocenters. The third-order valence-corrected chi connectivity index (χ3v) is 1.99. The van der Waals surface area contributed by atoms with E-state index in [1.54, 1.807) is 12.1 Å². The van der Waals surface area contributed by atoms with Crippen LogP contribution in [0.4, 0.5) is 4.39 Å². The lowest BCUT2D eigenvalue weighted by molar-refractivity contribution is 0.110. The second-order valence-electron chi connectivity index (χ2n) is 3.12. The van der Waals surface area contributed by atoms with Crippen LogP contribution in [0.2, 0.25) is 0 Å². The average Bonchev–Trinajstić information content (AvgIpc) is 2.23. The average molecular weight is 230 g/mol. The molecule has 0 aromatic heterocycles. The van der Waals surface area contributed by atoms with Crippen LogP contribution in [0, 0.1) is 12.7 Å². The molecule has 0 aliphatic rings. The third kappa shape index (κ3) is 4.53. The molecule has 0 aliphatic carbocycles. The normalized spacial score (nSPS) is 10.3. The number of thiol groups is 1. The van der Waals surface area contributed by atoms with Crippen LogP contribution >= 0.6 is 12.6 Å². The largest absolute Gasteiger partial charge is 0.488 e. The Hall–Kier alpha value is -0.740. The zero-order chi connectivity index (χ0) is 11.1. The molecular formula is C11H15FO2S. The number of hydrogen-bond donors (Lipinski definition) is 1. The van der Waals surface area contributed by atoms with E-state index in [1.807, 2.05) is 6.92 Å². The van der Waals surface area contributed by atoms with Gasteiger partial charge in [0.15, 0.2) is 11.6 Å². The second-order valence-corrected chi connectivity index (χ2v) is 3.57. The van der Waals surface area contributed by atoms with Crippen LogP contribution in [0.3, 0.4) is 0 Å². The Morgan fingerprint density at radius 1 is 1.27 bits per heavy atom. The zero-order valence-corrected chi connectivity index (χ0v) is 9.60. The summed E-state index contributed by atoms with van der Waals surface area (Å²) in [7, 11) is 0. The van der Waals surface area contributed by atoms with Crippen molar-refractivity contribution in [2.24, 2.45) is 0 Å². The van der Waals surface area contributed by atoms with E-state index in [0.29, 0.717) is 25.6 Å². The first-order chi connectivity index (χ1) is 7.24. The molecule has 2 nitrogen and oxygen atoms in total. The molecule has 4 heteroatoms. The summed E-state index contributed by atoms with van der Waals surface area (Å²) < 4.78 is 23.6. The highest BCUT2D eigenvalue weighted by Gasteiger charge is 2.02. The Balaban J connectivity index is 2.33. The fourth-order valence-electron chi connectivity index (χ4n) is 1.10. The maximum absolute atomic E-state index is 13.2. The van der Waals surface area contributed by atoms with E-state index in [-0.39, 0.29) is 11.6 Å². The zero-order valence-electron chi connectivity index (χ0n) is 8.70. The Labute approximate surface area is 94.8 Å². The van der Waals surface area contributed by atoms with Gasteiger partial charge in [0.2, 0.25) is 0 Å². The summed E-state index contributed by atoms with van der Waals surface area (Å²) in [6.07, 6.45) is 0. The van der Waals surface area contributed by atoms with Gasteiger partial charge in [0.05, 0.1) is 13.2 Å². The molecule has 0 fully saturated rings. The number of halogens is 1. The van der Waals surface area contributed by atoms with Gasteiger partial charge < -0.3 is 9.47 Å². The molecule has 0 bridgehead atoms. The van der Waals surface area contributed by atoms with Crippen molar-refractivity contribution in [3.05, 3.63) is 29.6 Å². The number of ether oxygens (including phenoxy) is 2. The Morgan fingerprint density at radius 3 is 2.80 bits per heavy atom. The van der Waals surface area contributed by atoms with Crippen molar-refractivity contribution in [1.29, 1.82) is 0 Å². The van der Waals surface area contributed by atoms with Crippen molar-refractivity contribution in [2.75, 3.05) is 25.6 Å². The predicted octanol–water partition coefficient (Wildman–Crippen LogP) is 2.46. The molecule has 0 saturated heterocycles. The van der Waals surface area contributed by atoms with Crippen molar-refractivity contribution < 1.29 is 13.9 Å². The highest BCUT2D eigenvalue weighted by atomic mass is 32.1. The van der Waals surface area contributed by atoms with Gasteiger partial charge in [0, 0.05) is 5.75 Å². The molecule has 1 rings (SSSR count). The van der Waals surface area contributed by atoms with E-state index < -0.39 is 0 Å². The standard InChI is InChI=1S/C11H15FO2S/c1-9-2-3-10(12)11(8-9)14-5-4-13-6-7-15/h2-3,8,15H,4-7H2,1H3. The first kappa shape index (κ1) is 12.3. The van der Waals surface area contributed by atoms with E-state index in [9.17, 15) is 4.39 Å². The number of rotatable bonds is 6. The van der Waals surface area contributed by atoms with Crippen molar-refractivity contribution in [2.45, 2.75) is 6.92 Å². The van der Waals surface area contributed by atoms with Gasteiger partial charge in [-0.1, -0.05) is 6.07 Å². The van der Waals surface area contributed by atoms with Crippen LogP contribution in [0.1, 0.15) is 5.56 Å². The van der Waals surface area contributed by atoms with Crippen LogP contribution in [0.25, 0.3) is 0 Å². The number of aryl methyl sites for hydroxylation is 1. The fraction of sp³-hybridized carbons (Fsp3) is 0.455. The maximum Gasteiger partial charge on any atom is 0.165 e. The van der Waals surface area contributed by atoms with Gasteiger partial charge >= 0.3 is 0 Å². The van der Waals surface area contributed by atoms with E-state index in [2.05, 4.69) is 12.6 Å². The summed E-state index contributed by atoms with van der Waals surface area (Å²) in [5.41, 5.74) is 0.975. The van der Waals surface area contributed by atoms with Gasteiger partial charge in [-0.25, -0.2) is 4.39 Å². The first-order valence-electron chi connectivity index (χ1n) is 4.81. The summed E-state index contributed by atoms with van der Waals surface area (Å²) in [5.74, 6) is 0.623. The van der Waals surface area contributed by atoms with Gasteiger partial charge in [0.25, 0.3) is 0 Å². The molecular weight excluding hydrogens is 215 g/mol. The fourth-order valence-corrected chi connectivity index (χ4v) is 1.23. The molecule has 1 aromatic rings. The molecule has 0 aliphatic heterocycles. The smallest absolute Gasteiger partial charge is 0.165 e. The van der Waals surface area contributed by atoms with Crippen LogP contribution in [-0.2, 0) is 4.74 Å². The first-order valence-corrected chi connectivity index (χ1v) is 5.45. The van der Waals surface area contributed by atoms with E-state index in [4.69, 9.17) is 9.47 Å². The predicted molar refractivity (Wildman–Crippen MR) is 61.3 cm³/mol. The molecule has 0 spiro atoms. The minimum atomic E-state index is -0.338. The molecule has 0 radical (unpaired) electrons. The number of hydrogen-bond acceptors (Lipinski definition) is 3. The maximum atomic E-state index is 13.2. The monoisotopic (exact) mass is 230 g/mol. The van der Waals surface area contributed by atoms with Gasteiger partial charge in [0.1, 0.15) is 6.61 Å². The molecule has 15 heavy (non-hydrogen) atoms. The van der Waals surface area contributed by atoms with Crippen molar-refractivity contribution in [3.63, 3.8) is 0 Å². The van der Waals surface area contributed by atoms with Gasteiger partial charge in [-0.05, 0) is 24.6 Å². The topological polar surface area (TPSA) is 18.5 Å². The minimum absolute atomic E-state index is 0.282. The lowest BCUT2D eigenvalue weighted by Crippen LogP contribution is -2.08. The van der Waals surface area contributed by atoms with E-state index in [0.717, 1.165) is 5.56 Å². The molecule has 1 aromatic carbocycles. The van der Waals surface area contributed by atoms with Crippen molar-refractivity contribution in [3.8, 4) is 5.75 Å². The summed E-state index contributed by atoms with van der Waals surface area (Å²) >= 11 is 4.00. The minimum Gasteiger partial charge on any atom is -0.488 e. The lowest BCUT2D eigenvalue weighted by atomic mass is 10.2. The summed E-state index contributed by atoms with van der Waals surface area (Å²) in [6.45, 7) is 3.29. The van der Waals surface area contributed by atoms with Crippen LogP contribution in [-0.4, -0.2) is 25.6 Å². The Kier molecular flexibility index (Phi) is 5.50. The number of benzene rings is 1. The van der Waals surface area contributed by atoms with E-state index >= 15 is 0 Å². The Bertz CT molecular complexity index is 305. The molecule has 0 saturated carbocycles. The second kappa shape index (κ2) is 6.69. The summed E-state index contributed by atoms with van der Waals surface area (Å²) in [6, 6.07) is 4.78. The van der Waals surface area contributed by atoms with Crippen molar-refractivity contribution >= 4 is 12.6 Å². The molecule has 0 amide bonds. The van der Waals surface area contributed by atoms with Crippen LogP contribution in [0.5, 0.6) is 5.75 Å². The van der Waals surface area contributed by atoms with Gasteiger partial charge in [-0.2, -0.15) is 12.6 Å². The molecule has 0 unspecified atom stereocenters. The third-order valence-electron chi connectivity index (χ3n) is 1.81. The SMILES string of the molecule is Cc1ccc(F)c(OCCOCCS)c1.